The average Bonchev–Trinajstić information content (AvgIpc) is 2.81. The van der Waals surface area contributed by atoms with Gasteiger partial charge in [0.1, 0.15) is 5.01 Å². The van der Waals surface area contributed by atoms with Gasteiger partial charge in [-0.15, -0.1) is 11.3 Å². The summed E-state index contributed by atoms with van der Waals surface area (Å²) in [5.41, 5.74) is 3.19. The molecule has 0 aliphatic rings. The first-order valence-corrected chi connectivity index (χ1v) is 7.27. The largest absolute Gasteiger partial charge is 0.377 e. The summed E-state index contributed by atoms with van der Waals surface area (Å²) < 4.78 is 1.22. The molecule has 96 valence electrons. The van der Waals surface area contributed by atoms with Gasteiger partial charge >= 0.3 is 0 Å². The summed E-state index contributed by atoms with van der Waals surface area (Å²) in [6.45, 7) is 2.75. The molecule has 2 aromatic carbocycles. The summed E-state index contributed by atoms with van der Waals surface area (Å²) in [6, 6.07) is 14.1. The van der Waals surface area contributed by atoms with Crippen LogP contribution in [0.15, 0.2) is 42.5 Å². The molecule has 0 amide bonds. The summed E-state index contributed by atoms with van der Waals surface area (Å²) in [7, 11) is 0. The Morgan fingerprint density at radius 1 is 1.16 bits per heavy atom. The van der Waals surface area contributed by atoms with Gasteiger partial charge in [0.15, 0.2) is 0 Å². The molecule has 2 nitrogen and oxygen atoms in total. The van der Waals surface area contributed by atoms with Crippen LogP contribution in [-0.2, 0) is 6.54 Å². The minimum Gasteiger partial charge on any atom is -0.377 e. The number of rotatable bonds is 3. The molecule has 3 rings (SSSR count). The van der Waals surface area contributed by atoms with Crippen molar-refractivity contribution in [3.05, 3.63) is 58.1 Å². The fourth-order valence-electron chi connectivity index (χ4n) is 2.02. The third kappa shape index (κ3) is 2.57. The maximum absolute atomic E-state index is 6.19. The van der Waals surface area contributed by atoms with E-state index in [0.29, 0.717) is 6.54 Å². The van der Waals surface area contributed by atoms with Crippen molar-refractivity contribution in [2.75, 3.05) is 5.32 Å². The van der Waals surface area contributed by atoms with E-state index in [4.69, 9.17) is 11.6 Å². The van der Waals surface area contributed by atoms with Crippen molar-refractivity contribution in [1.29, 1.82) is 0 Å². The fourth-order valence-corrected chi connectivity index (χ4v) is 3.21. The van der Waals surface area contributed by atoms with E-state index >= 15 is 0 Å². The number of benzene rings is 2. The number of fused-ring (bicyclic) bond motifs is 1. The molecule has 19 heavy (non-hydrogen) atoms. The molecule has 0 atom stereocenters. The minimum atomic E-state index is 0.698. The van der Waals surface area contributed by atoms with Gasteiger partial charge in [0.2, 0.25) is 0 Å². The SMILES string of the molecule is Cc1cccc(Cl)c1NCc1nc2ccccc2s1. The van der Waals surface area contributed by atoms with E-state index in [0.717, 1.165) is 26.8 Å². The second-order valence-corrected chi connectivity index (χ2v) is 5.88. The number of anilines is 1. The molecule has 0 aliphatic carbocycles. The van der Waals surface area contributed by atoms with Crippen molar-refractivity contribution in [3.8, 4) is 0 Å². The Labute approximate surface area is 121 Å². The lowest BCUT2D eigenvalue weighted by atomic mass is 10.2. The topological polar surface area (TPSA) is 24.9 Å². The first kappa shape index (κ1) is 12.5. The van der Waals surface area contributed by atoms with Gasteiger partial charge in [0.25, 0.3) is 0 Å². The van der Waals surface area contributed by atoms with Crippen LogP contribution >= 0.6 is 22.9 Å². The zero-order valence-corrected chi connectivity index (χ0v) is 12.1. The van der Waals surface area contributed by atoms with Gasteiger partial charge in [-0.3, -0.25) is 0 Å². The van der Waals surface area contributed by atoms with Crippen LogP contribution in [0.25, 0.3) is 10.2 Å². The Morgan fingerprint density at radius 3 is 2.79 bits per heavy atom. The second kappa shape index (κ2) is 5.19. The summed E-state index contributed by atoms with van der Waals surface area (Å²) in [6.07, 6.45) is 0. The van der Waals surface area contributed by atoms with Crippen molar-refractivity contribution in [2.24, 2.45) is 0 Å². The lowest BCUT2D eigenvalue weighted by Gasteiger charge is -2.09. The van der Waals surface area contributed by atoms with E-state index in [1.54, 1.807) is 11.3 Å². The molecule has 0 bridgehead atoms. The number of aryl methyl sites for hydroxylation is 1. The van der Waals surface area contributed by atoms with Gasteiger partial charge in [0, 0.05) is 0 Å². The fraction of sp³-hybridized carbons (Fsp3) is 0.133. The average molecular weight is 289 g/mol. The number of hydrogen-bond donors (Lipinski definition) is 1. The van der Waals surface area contributed by atoms with Crippen LogP contribution in [-0.4, -0.2) is 4.98 Å². The molecule has 0 spiro atoms. The van der Waals surface area contributed by atoms with E-state index in [-0.39, 0.29) is 0 Å². The van der Waals surface area contributed by atoms with Crippen molar-refractivity contribution >= 4 is 38.8 Å². The Bertz CT molecular complexity index is 668. The third-order valence-corrected chi connectivity index (χ3v) is 4.33. The highest BCUT2D eigenvalue weighted by atomic mass is 35.5. The Balaban J connectivity index is 1.82. The van der Waals surface area contributed by atoms with Crippen LogP contribution in [0.3, 0.4) is 0 Å². The van der Waals surface area contributed by atoms with E-state index in [2.05, 4.69) is 16.4 Å². The predicted molar refractivity (Wildman–Crippen MR) is 83.1 cm³/mol. The highest BCUT2D eigenvalue weighted by Gasteiger charge is 2.06. The summed E-state index contributed by atoms with van der Waals surface area (Å²) >= 11 is 7.91. The van der Waals surface area contributed by atoms with Crippen LogP contribution in [0.1, 0.15) is 10.6 Å². The number of aromatic nitrogens is 1. The molecular formula is C15H13ClN2S. The minimum absolute atomic E-state index is 0.698. The van der Waals surface area contributed by atoms with Crippen LogP contribution in [0.5, 0.6) is 0 Å². The zero-order chi connectivity index (χ0) is 13.2. The summed E-state index contributed by atoms with van der Waals surface area (Å²) in [4.78, 5) is 4.60. The number of halogens is 1. The van der Waals surface area contributed by atoms with E-state index in [1.165, 1.54) is 4.70 Å². The molecule has 0 aliphatic heterocycles. The smallest absolute Gasteiger partial charge is 0.113 e. The second-order valence-electron chi connectivity index (χ2n) is 4.36. The van der Waals surface area contributed by atoms with Gasteiger partial charge in [-0.25, -0.2) is 4.98 Å². The quantitative estimate of drug-likeness (QED) is 0.744. The summed E-state index contributed by atoms with van der Waals surface area (Å²) in [5.74, 6) is 0. The van der Waals surface area contributed by atoms with E-state index in [9.17, 15) is 0 Å². The highest BCUT2D eigenvalue weighted by molar-refractivity contribution is 7.18. The van der Waals surface area contributed by atoms with Crippen LogP contribution in [0.2, 0.25) is 5.02 Å². The molecule has 0 saturated carbocycles. The highest BCUT2D eigenvalue weighted by Crippen LogP contribution is 2.27. The van der Waals surface area contributed by atoms with Crippen LogP contribution in [0.4, 0.5) is 5.69 Å². The predicted octanol–water partition coefficient (Wildman–Crippen LogP) is 4.87. The number of nitrogens with one attached hydrogen (secondary N) is 1. The molecule has 0 unspecified atom stereocenters. The maximum atomic E-state index is 6.19. The first-order valence-electron chi connectivity index (χ1n) is 6.07. The van der Waals surface area contributed by atoms with Gasteiger partial charge < -0.3 is 5.32 Å². The number of thiazole rings is 1. The van der Waals surface area contributed by atoms with Gasteiger partial charge in [-0.1, -0.05) is 35.9 Å². The zero-order valence-electron chi connectivity index (χ0n) is 10.5. The van der Waals surface area contributed by atoms with E-state index in [1.807, 2.05) is 43.3 Å². The van der Waals surface area contributed by atoms with Crippen LogP contribution in [0, 0.1) is 6.92 Å². The monoisotopic (exact) mass is 288 g/mol. The third-order valence-electron chi connectivity index (χ3n) is 2.98. The number of para-hydroxylation sites is 2. The molecule has 1 N–H and O–H groups in total. The molecule has 0 fully saturated rings. The van der Waals surface area contributed by atoms with E-state index < -0.39 is 0 Å². The molecular weight excluding hydrogens is 276 g/mol. The molecule has 0 saturated heterocycles. The van der Waals surface area contributed by atoms with Crippen molar-refractivity contribution in [2.45, 2.75) is 13.5 Å². The van der Waals surface area contributed by atoms with Crippen molar-refractivity contribution < 1.29 is 0 Å². The Morgan fingerprint density at radius 2 is 2.00 bits per heavy atom. The van der Waals surface area contributed by atoms with Gasteiger partial charge in [-0.05, 0) is 30.7 Å². The Kier molecular flexibility index (Phi) is 3.40. The lowest BCUT2D eigenvalue weighted by molar-refractivity contribution is 1.11. The molecule has 4 heteroatoms. The van der Waals surface area contributed by atoms with Crippen molar-refractivity contribution in [3.63, 3.8) is 0 Å². The molecule has 1 aromatic heterocycles. The Hall–Kier alpha value is -1.58. The van der Waals surface area contributed by atoms with Crippen molar-refractivity contribution in [1.82, 2.24) is 4.98 Å². The maximum Gasteiger partial charge on any atom is 0.113 e. The van der Waals surface area contributed by atoms with Gasteiger partial charge in [0.05, 0.1) is 27.5 Å². The normalized spacial score (nSPS) is 10.8. The summed E-state index contributed by atoms with van der Waals surface area (Å²) in [5, 5.41) is 5.20. The molecule has 1 heterocycles. The molecule has 0 radical (unpaired) electrons. The number of hydrogen-bond acceptors (Lipinski definition) is 3. The number of nitrogens with zero attached hydrogens (tertiary/aromatic N) is 1. The van der Waals surface area contributed by atoms with Crippen LogP contribution < -0.4 is 5.32 Å². The lowest BCUT2D eigenvalue weighted by Crippen LogP contribution is -2.01. The molecule has 3 aromatic rings. The first-order chi connectivity index (χ1) is 9.24. The van der Waals surface area contributed by atoms with Gasteiger partial charge in [-0.2, -0.15) is 0 Å². The standard InChI is InChI=1S/C15H13ClN2S/c1-10-5-4-6-11(16)15(10)17-9-14-18-12-7-2-3-8-13(12)19-14/h2-8,17H,9H2,1H3.